The van der Waals surface area contributed by atoms with Crippen molar-refractivity contribution in [3.8, 4) is 0 Å². The Morgan fingerprint density at radius 2 is 1.65 bits per heavy atom. The summed E-state index contributed by atoms with van der Waals surface area (Å²) < 4.78 is 0. The number of amides is 1. The summed E-state index contributed by atoms with van der Waals surface area (Å²) in [5.41, 5.74) is 2.52. The van der Waals surface area contributed by atoms with Crippen LogP contribution in [0.15, 0.2) is 54.6 Å². The van der Waals surface area contributed by atoms with E-state index in [2.05, 4.69) is 12.2 Å². The highest BCUT2D eigenvalue weighted by molar-refractivity contribution is 5.96. The zero-order valence-electron chi connectivity index (χ0n) is 13.2. The molecule has 0 unspecified atom stereocenters. The number of hydrogen-bond acceptors (Lipinski definition) is 2. The smallest absolute Gasteiger partial charge is 0.326 e. The van der Waals surface area contributed by atoms with Gasteiger partial charge in [0.1, 0.15) is 6.04 Å². The molecule has 120 valence electrons. The summed E-state index contributed by atoms with van der Waals surface area (Å²) in [5, 5.41) is 11.9. The van der Waals surface area contributed by atoms with E-state index in [0.717, 1.165) is 18.4 Å². The molecule has 2 aromatic carbocycles. The Balaban J connectivity index is 2.04. The monoisotopic (exact) mass is 311 g/mol. The van der Waals surface area contributed by atoms with E-state index in [1.807, 2.05) is 42.5 Å². The van der Waals surface area contributed by atoms with E-state index in [-0.39, 0.29) is 12.3 Å². The topological polar surface area (TPSA) is 66.4 Å². The number of carbonyl (C=O) groups excluding carboxylic acids is 1. The normalized spacial score (nSPS) is 11.7. The molecular formula is C19H21NO3. The van der Waals surface area contributed by atoms with E-state index in [1.54, 1.807) is 12.1 Å². The van der Waals surface area contributed by atoms with Crippen LogP contribution in [0.2, 0.25) is 0 Å². The van der Waals surface area contributed by atoms with Gasteiger partial charge in [0, 0.05) is 12.0 Å². The lowest BCUT2D eigenvalue weighted by Gasteiger charge is -2.15. The van der Waals surface area contributed by atoms with Crippen molar-refractivity contribution >= 4 is 11.9 Å². The van der Waals surface area contributed by atoms with Gasteiger partial charge in [-0.05, 0) is 29.7 Å². The second-order valence-corrected chi connectivity index (χ2v) is 5.50. The van der Waals surface area contributed by atoms with Gasteiger partial charge in [-0.1, -0.05) is 55.8 Å². The van der Waals surface area contributed by atoms with Crippen LogP contribution in [0.1, 0.15) is 34.8 Å². The van der Waals surface area contributed by atoms with Crippen molar-refractivity contribution < 1.29 is 14.7 Å². The molecule has 0 bridgehead atoms. The van der Waals surface area contributed by atoms with Crippen LogP contribution >= 0.6 is 0 Å². The quantitative estimate of drug-likeness (QED) is 0.826. The molecule has 4 heteroatoms. The van der Waals surface area contributed by atoms with E-state index in [1.165, 1.54) is 5.56 Å². The van der Waals surface area contributed by atoms with Crippen molar-refractivity contribution in [2.75, 3.05) is 0 Å². The van der Waals surface area contributed by atoms with Crippen LogP contribution in [-0.2, 0) is 17.6 Å². The van der Waals surface area contributed by atoms with Crippen LogP contribution in [0.3, 0.4) is 0 Å². The van der Waals surface area contributed by atoms with Gasteiger partial charge < -0.3 is 10.4 Å². The van der Waals surface area contributed by atoms with Crippen LogP contribution in [-0.4, -0.2) is 23.0 Å². The molecule has 4 nitrogen and oxygen atoms in total. The lowest BCUT2D eigenvalue weighted by Crippen LogP contribution is -2.42. The fourth-order valence-corrected chi connectivity index (χ4v) is 2.40. The third kappa shape index (κ3) is 4.95. The van der Waals surface area contributed by atoms with Crippen LogP contribution < -0.4 is 5.32 Å². The Labute approximate surface area is 136 Å². The predicted molar refractivity (Wildman–Crippen MR) is 89.5 cm³/mol. The lowest BCUT2D eigenvalue weighted by atomic mass is 10.0. The van der Waals surface area contributed by atoms with Gasteiger partial charge in [-0.3, -0.25) is 4.79 Å². The molecule has 2 N–H and O–H groups in total. The third-order valence-electron chi connectivity index (χ3n) is 3.64. The van der Waals surface area contributed by atoms with Crippen LogP contribution in [0.25, 0.3) is 0 Å². The molecule has 0 radical (unpaired) electrons. The minimum atomic E-state index is -1.04. The van der Waals surface area contributed by atoms with Gasteiger partial charge in [0.25, 0.3) is 5.91 Å². The number of hydrogen-bond donors (Lipinski definition) is 2. The molecule has 0 spiro atoms. The first-order chi connectivity index (χ1) is 11.1. The molecule has 0 heterocycles. The zero-order chi connectivity index (χ0) is 16.7. The van der Waals surface area contributed by atoms with Crippen molar-refractivity contribution in [2.45, 2.75) is 32.2 Å². The van der Waals surface area contributed by atoms with Crippen molar-refractivity contribution in [1.29, 1.82) is 0 Å². The zero-order valence-corrected chi connectivity index (χ0v) is 13.2. The Morgan fingerprint density at radius 1 is 1.00 bits per heavy atom. The molecule has 0 aromatic heterocycles. The largest absolute Gasteiger partial charge is 0.480 e. The Kier molecular flexibility index (Phi) is 5.92. The van der Waals surface area contributed by atoms with E-state index < -0.39 is 12.0 Å². The molecule has 1 atom stereocenters. The number of carboxylic acid groups (broad SMARTS) is 1. The second kappa shape index (κ2) is 8.13. The molecule has 2 aromatic rings. The van der Waals surface area contributed by atoms with Crippen LogP contribution in [0.5, 0.6) is 0 Å². The van der Waals surface area contributed by atoms with Gasteiger partial charge in [0.15, 0.2) is 0 Å². The average molecular weight is 311 g/mol. The summed E-state index contributed by atoms with van der Waals surface area (Å²) in [4.78, 5) is 23.6. The van der Waals surface area contributed by atoms with Gasteiger partial charge in [-0.25, -0.2) is 4.79 Å². The average Bonchev–Trinajstić information content (AvgIpc) is 2.56. The fourth-order valence-electron chi connectivity index (χ4n) is 2.40. The first-order valence-electron chi connectivity index (χ1n) is 7.76. The number of rotatable bonds is 7. The second-order valence-electron chi connectivity index (χ2n) is 5.50. The molecule has 0 saturated carbocycles. The molecule has 2 rings (SSSR count). The highest BCUT2D eigenvalue weighted by Crippen LogP contribution is 2.08. The van der Waals surface area contributed by atoms with Crippen LogP contribution in [0.4, 0.5) is 0 Å². The summed E-state index contributed by atoms with van der Waals surface area (Å²) in [6.07, 6.45) is 2.27. The Morgan fingerprint density at radius 3 is 2.22 bits per heavy atom. The highest BCUT2D eigenvalue weighted by atomic mass is 16.4. The molecule has 1 amide bonds. The number of carbonyl (C=O) groups is 2. The summed E-state index contributed by atoms with van der Waals surface area (Å²) in [7, 11) is 0. The number of carboxylic acids is 1. The van der Waals surface area contributed by atoms with Crippen molar-refractivity contribution in [2.24, 2.45) is 0 Å². The maximum atomic E-state index is 12.2. The van der Waals surface area contributed by atoms with Gasteiger partial charge in [0.2, 0.25) is 0 Å². The lowest BCUT2D eigenvalue weighted by molar-refractivity contribution is -0.139. The summed E-state index contributed by atoms with van der Waals surface area (Å²) in [6, 6.07) is 15.6. The number of benzene rings is 2. The van der Waals surface area contributed by atoms with Gasteiger partial charge in [0.05, 0.1) is 0 Å². The third-order valence-corrected chi connectivity index (χ3v) is 3.64. The first kappa shape index (κ1) is 16.7. The number of aliphatic carboxylic acids is 1. The van der Waals surface area contributed by atoms with E-state index in [9.17, 15) is 14.7 Å². The minimum absolute atomic E-state index is 0.260. The van der Waals surface area contributed by atoms with Crippen molar-refractivity contribution in [3.63, 3.8) is 0 Å². The maximum absolute atomic E-state index is 12.2. The minimum Gasteiger partial charge on any atom is -0.480 e. The number of aryl methyl sites for hydroxylation is 1. The van der Waals surface area contributed by atoms with Crippen LogP contribution in [0, 0.1) is 0 Å². The molecule has 0 fully saturated rings. The highest BCUT2D eigenvalue weighted by Gasteiger charge is 2.21. The molecule has 0 saturated heterocycles. The van der Waals surface area contributed by atoms with Crippen molar-refractivity contribution in [1.82, 2.24) is 5.32 Å². The molecule has 0 aliphatic carbocycles. The van der Waals surface area contributed by atoms with E-state index in [0.29, 0.717) is 5.56 Å². The molecule has 23 heavy (non-hydrogen) atoms. The first-order valence-corrected chi connectivity index (χ1v) is 7.76. The van der Waals surface area contributed by atoms with Gasteiger partial charge in [-0.2, -0.15) is 0 Å². The standard InChI is InChI=1S/C19H21NO3/c1-2-6-14-9-11-16(12-10-14)18(21)20-17(19(22)23)13-15-7-4-3-5-8-15/h3-5,7-12,17H,2,6,13H2,1H3,(H,20,21)(H,22,23)/t17-/m0/s1. The SMILES string of the molecule is CCCc1ccc(C(=O)N[C@@H](Cc2ccccc2)C(=O)O)cc1. The maximum Gasteiger partial charge on any atom is 0.326 e. The van der Waals surface area contributed by atoms with Crippen molar-refractivity contribution in [3.05, 3.63) is 71.3 Å². The fraction of sp³-hybridized carbons (Fsp3) is 0.263. The Bertz CT molecular complexity index is 650. The predicted octanol–water partition coefficient (Wildman–Crippen LogP) is 3.06. The summed E-state index contributed by atoms with van der Waals surface area (Å²) in [6.45, 7) is 2.10. The van der Waals surface area contributed by atoms with E-state index >= 15 is 0 Å². The summed E-state index contributed by atoms with van der Waals surface area (Å²) >= 11 is 0. The molecule has 0 aliphatic heterocycles. The molecular weight excluding hydrogens is 290 g/mol. The number of nitrogens with one attached hydrogen (secondary N) is 1. The van der Waals surface area contributed by atoms with Gasteiger partial charge >= 0.3 is 5.97 Å². The van der Waals surface area contributed by atoms with E-state index in [4.69, 9.17) is 0 Å². The Hall–Kier alpha value is -2.62. The summed E-state index contributed by atoms with van der Waals surface area (Å²) in [5.74, 6) is -1.40. The van der Waals surface area contributed by atoms with Gasteiger partial charge in [-0.15, -0.1) is 0 Å². The molecule has 0 aliphatic rings.